The normalized spacial score (nSPS) is 12.7. The summed E-state index contributed by atoms with van der Waals surface area (Å²) in [6, 6.07) is 8.86. The average molecular weight is 374 g/mol. The molecule has 7 nitrogen and oxygen atoms in total. The van der Waals surface area contributed by atoms with Crippen LogP contribution < -0.4 is 5.32 Å². The molecule has 0 bridgehead atoms. The summed E-state index contributed by atoms with van der Waals surface area (Å²) in [5.74, 6) is -5.23. The van der Waals surface area contributed by atoms with Crippen LogP contribution in [0.3, 0.4) is 0 Å². The van der Waals surface area contributed by atoms with Crippen molar-refractivity contribution >= 4 is 29.4 Å². The Balaban J connectivity index is 1.53. The molecule has 3 rings (SSSR count). The average Bonchev–Trinajstić information content (AvgIpc) is 2.88. The first-order valence-electron chi connectivity index (χ1n) is 7.72. The Bertz CT molecular complexity index is 926. The molecular weight excluding hydrogens is 362 g/mol. The standard InChI is InChI=1S/C18H12F2N2O5/c19-13-6-5-10(7-14(13)20)21-15(23)9-27-16(24)8-22-17(25)11-3-1-2-4-12(11)18(22)26/h1-7H,8-9H2,(H,21,23). The lowest BCUT2D eigenvalue weighted by Gasteiger charge is -2.13. The van der Waals surface area contributed by atoms with Gasteiger partial charge in [0, 0.05) is 11.8 Å². The second-order valence-electron chi connectivity index (χ2n) is 5.58. The van der Waals surface area contributed by atoms with Gasteiger partial charge in [-0.25, -0.2) is 8.78 Å². The minimum atomic E-state index is -1.14. The first-order chi connectivity index (χ1) is 12.9. The van der Waals surface area contributed by atoms with Gasteiger partial charge in [-0.1, -0.05) is 12.1 Å². The van der Waals surface area contributed by atoms with Crippen molar-refractivity contribution in [3.05, 3.63) is 65.2 Å². The molecule has 2 aromatic carbocycles. The van der Waals surface area contributed by atoms with Crippen LogP contribution in [0.15, 0.2) is 42.5 Å². The highest BCUT2D eigenvalue weighted by Crippen LogP contribution is 2.22. The van der Waals surface area contributed by atoms with Crippen molar-refractivity contribution in [3.63, 3.8) is 0 Å². The van der Waals surface area contributed by atoms with E-state index in [1.54, 1.807) is 12.1 Å². The molecule has 138 valence electrons. The predicted molar refractivity (Wildman–Crippen MR) is 87.8 cm³/mol. The molecule has 1 N–H and O–H groups in total. The van der Waals surface area contributed by atoms with Crippen LogP contribution in [0.4, 0.5) is 14.5 Å². The van der Waals surface area contributed by atoms with Crippen molar-refractivity contribution < 1.29 is 32.7 Å². The van der Waals surface area contributed by atoms with E-state index in [0.29, 0.717) is 0 Å². The van der Waals surface area contributed by atoms with Crippen molar-refractivity contribution in [1.82, 2.24) is 4.90 Å². The predicted octanol–water partition coefficient (Wildman–Crippen LogP) is 1.74. The van der Waals surface area contributed by atoms with Crippen molar-refractivity contribution in [1.29, 1.82) is 0 Å². The van der Waals surface area contributed by atoms with Gasteiger partial charge in [0.05, 0.1) is 11.1 Å². The molecule has 0 aliphatic carbocycles. The zero-order valence-corrected chi connectivity index (χ0v) is 13.7. The first kappa shape index (κ1) is 18.2. The van der Waals surface area contributed by atoms with Gasteiger partial charge in [-0.05, 0) is 24.3 Å². The van der Waals surface area contributed by atoms with E-state index >= 15 is 0 Å². The molecule has 0 atom stereocenters. The summed E-state index contributed by atoms with van der Waals surface area (Å²) >= 11 is 0. The van der Waals surface area contributed by atoms with E-state index < -0.39 is 48.5 Å². The molecule has 0 radical (unpaired) electrons. The molecule has 1 heterocycles. The van der Waals surface area contributed by atoms with E-state index in [0.717, 1.165) is 23.1 Å². The largest absolute Gasteiger partial charge is 0.454 e. The molecular formula is C18H12F2N2O5. The van der Waals surface area contributed by atoms with E-state index in [1.165, 1.54) is 12.1 Å². The highest BCUT2D eigenvalue weighted by atomic mass is 19.2. The van der Waals surface area contributed by atoms with Crippen molar-refractivity contribution in [2.45, 2.75) is 0 Å². The van der Waals surface area contributed by atoms with Gasteiger partial charge in [-0.2, -0.15) is 0 Å². The second kappa shape index (κ2) is 7.32. The second-order valence-corrected chi connectivity index (χ2v) is 5.58. The maximum absolute atomic E-state index is 13.1. The van der Waals surface area contributed by atoms with Crippen molar-refractivity contribution in [2.24, 2.45) is 0 Å². The number of fused-ring (bicyclic) bond motifs is 1. The number of amides is 3. The van der Waals surface area contributed by atoms with Crippen molar-refractivity contribution in [3.8, 4) is 0 Å². The van der Waals surface area contributed by atoms with E-state index in [9.17, 15) is 28.0 Å². The number of benzene rings is 2. The van der Waals surface area contributed by atoms with Gasteiger partial charge >= 0.3 is 5.97 Å². The number of carbonyl (C=O) groups excluding carboxylic acids is 4. The fourth-order valence-electron chi connectivity index (χ4n) is 2.47. The summed E-state index contributed by atoms with van der Waals surface area (Å²) in [5.41, 5.74) is 0.355. The fourth-order valence-corrected chi connectivity index (χ4v) is 2.47. The number of nitrogens with one attached hydrogen (secondary N) is 1. The van der Waals surface area contributed by atoms with Crippen LogP contribution >= 0.6 is 0 Å². The topological polar surface area (TPSA) is 92.8 Å². The molecule has 0 saturated heterocycles. The van der Waals surface area contributed by atoms with Gasteiger partial charge in [-0.15, -0.1) is 0 Å². The van der Waals surface area contributed by atoms with Crippen LogP contribution in [0, 0.1) is 11.6 Å². The number of ether oxygens (including phenoxy) is 1. The molecule has 0 aromatic heterocycles. The molecule has 27 heavy (non-hydrogen) atoms. The lowest BCUT2D eigenvalue weighted by Crippen LogP contribution is -2.36. The number of hydrogen-bond acceptors (Lipinski definition) is 5. The first-order valence-corrected chi connectivity index (χ1v) is 7.72. The van der Waals surface area contributed by atoms with E-state index in [4.69, 9.17) is 4.74 Å². The Hall–Kier alpha value is -3.62. The summed E-state index contributed by atoms with van der Waals surface area (Å²) in [5, 5.41) is 2.22. The third kappa shape index (κ3) is 3.81. The van der Waals surface area contributed by atoms with Crippen LogP contribution in [-0.2, 0) is 14.3 Å². The maximum Gasteiger partial charge on any atom is 0.326 e. The van der Waals surface area contributed by atoms with Crippen LogP contribution in [0.25, 0.3) is 0 Å². The summed E-state index contributed by atoms with van der Waals surface area (Å²) in [4.78, 5) is 48.5. The zero-order chi connectivity index (χ0) is 19.6. The molecule has 0 fully saturated rings. The number of hydrogen-bond donors (Lipinski definition) is 1. The summed E-state index contributed by atoms with van der Waals surface area (Å²) in [7, 11) is 0. The number of rotatable bonds is 5. The Morgan fingerprint density at radius 1 is 0.963 bits per heavy atom. The van der Waals surface area contributed by atoms with Gasteiger partial charge in [0.2, 0.25) is 0 Å². The summed E-state index contributed by atoms with van der Waals surface area (Å²) < 4.78 is 30.6. The van der Waals surface area contributed by atoms with E-state index in [1.807, 2.05) is 0 Å². The van der Waals surface area contributed by atoms with Crippen LogP contribution in [0.2, 0.25) is 0 Å². The molecule has 0 unspecified atom stereocenters. The van der Waals surface area contributed by atoms with Gasteiger partial charge in [0.15, 0.2) is 18.2 Å². The molecule has 1 aliphatic rings. The Labute approximate surface area is 151 Å². The zero-order valence-electron chi connectivity index (χ0n) is 13.7. The quantitative estimate of drug-likeness (QED) is 0.636. The highest BCUT2D eigenvalue weighted by molar-refractivity contribution is 6.22. The summed E-state index contributed by atoms with van der Waals surface area (Å²) in [6.45, 7) is -1.37. The monoisotopic (exact) mass is 374 g/mol. The number of halogens is 2. The van der Waals surface area contributed by atoms with Gasteiger partial charge in [-0.3, -0.25) is 24.1 Å². The Kier molecular flexibility index (Phi) is 4.93. The lowest BCUT2D eigenvalue weighted by atomic mass is 10.1. The Morgan fingerprint density at radius 2 is 1.59 bits per heavy atom. The van der Waals surface area contributed by atoms with Crippen LogP contribution in [0.5, 0.6) is 0 Å². The minimum absolute atomic E-state index is 0.0182. The highest BCUT2D eigenvalue weighted by Gasteiger charge is 2.36. The smallest absolute Gasteiger partial charge is 0.326 e. The third-order valence-electron chi connectivity index (χ3n) is 3.73. The fraction of sp³-hybridized carbons (Fsp3) is 0.111. The molecule has 1 aliphatic heterocycles. The van der Waals surface area contributed by atoms with Gasteiger partial charge < -0.3 is 10.1 Å². The molecule has 0 spiro atoms. The Morgan fingerprint density at radius 3 is 2.19 bits per heavy atom. The SMILES string of the molecule is O=C(COC(=O)CN1C(=O)c2ccccc2C1=O)Nc1ccc(F)c(F)c1. The molecule has 3 amide bonds. The van der Waals surface area contributed by atoms with Gasteiger partial charge in [0.1, 0.15) is 6.54 Å². The number of imide groups is 1. The van der Waals surface area contributed by atoms with Crippen LogP contribution in [0.1, 0.15) is 20.7 Å². The van der Waals surface area contributed by atoms with Crippen molar-refractivity contribution in [2.75, 3.05) is 18.5 Å². The van der Waals surface area contributed by atoms with Gasteiger partial charge in [0.25, 0.3) is 17.7 Å². The third-order valence-corrected chi connectivity index (χ3v) is 3.73. The number of nitrogens with zero attached hydrogens (tertiary/aromatic N) is 1. The number of anilines is 1. The molecule has 2 aromatic rings. The number of esters is 1. The van der Waals surface area contributed by atoms with E-state index in [-0.39, 0.29) is 16.8 Å². The lowest BCUT2D eigenvalue weighted by molar-refractivity contribution is -0.147. The number of carbonyl (C=O) groups is 4. The summed E-state index contributed by atoms with van der Waals surface area (Å²) in [6.07, 6.45) is 0. The molecule has 9 heteroatoms. The molecule has 0 saturated carbocycles. The minimum Gasteiger partial charge on any atom is -0.454 e. The van der Waals surface area contributed by atoms with Crippen LogP contribution in [-0.4, -0.2) is 41.7 Å². The maximum atomic E-state index is 13.1. The van der Waals surface area contributed by atoms with E-state index in [2.05, 4.69) is 5.32 Å².